The molecule has 0 bridgehead atoms. The van der Waals surface area contributed by atoms with Crippen molar-refractivity contribution in [2.24, 2.45) is 0 Å². The van der Waals surface area contributed by atoms with Crippen LogP contribution in [0.15, 0.2) is 83.8 Å². The van der Waals surface area contributed by atoms with Gasteiger partial charge in [0.2, 0.25) is 0 Å². The van der Waals surface area contributed by atoms with E-state index in [0.717, 1.165) is 22.7 Å². The number of rotatable bonds is 5. The molecular formula is C18H16N2O3S. The summed E-state index contributed by atoms with van der Waals surface area (Å²) < 4.78 is 31.0. The molecule has 0 saturated heterocycles. The van der Waals surface area contributed by atoms with E-state index in [0.29, 0.717) is 0 Å². The van der Waals surface area contributed by atoms with Crippen LogP contribution in [-0.4, -0.2) is 13.0 Å². The van der Waals surface area contributed by atoms with Gasteiger partial charge in [0.25, 0.3) is 10.1 Å². The largest absolute Gasteiger partial charge is 0.356 e. The van der Waals surface area contributed by atoms with Crippen LogP contribution in [0.2, 0.25) is 0 Å². The number of anilines is 4. The van der Waals surface area contributed by atoms with E-state index in [9.17, 15) is 8.42 Å². The first-order valence-electron chi connectivity index (χ1n) is 7.27. The van der Waals surface area contributed by atoms with Gasteiger partial charge in [0.1, 0.15) is 0 Å². The molecule has 0 aliphatic rings. The van der Waals surface area contributed by atoms with E-state index in [1.807, 2.05) is 54.6 Å². The minimum Gasteiger partial charge on any atom is -0.356 e. The molecule has 122 valence electrons. The zero-order valence-electron chi connectivity index (χ0n) is 12.7. The molecule has 0 heterocycles. The molecule has 0 unspecified atom stereocenters. The Bertz CT molecular complexity index is 907. The van der Waals surface area contributed by atoms with E-state index in [4.69, 9.17) is 4.55 Å². The van der Waals surface area contributed by atoms with Crippen molar-refractivity contribution in [2.75, 3.05) is 10.6 Å². The van der Waals surface area contributed by atoms with Crippen LogP contribution in [0.25, 0.3) is 0 Å². The van der Waals surface area contributed by atoms with Gasteiger partial charge in [-0.2, -0.15) is 8.42 Å². The maximum Gasteiger partial charge on any atom is 0.294 e. The Labute approximate surface area is 140 Å². The van der Waals surface area contributed by atoms with Crippen LogP contribution in [-0.2, 0) is 10.1 Å². The van der Waals surface area contributed by atoms with Gasteiger partial charge in [0.15, 0.2) is 0 Å². The lowest BCUT2D eigenvalue weighted by Crippen LogP contribution is -1.98. The van der Waals surface area contributed by atoms with Crippen LogP contribution >= 0.6 is 0 Å². The lowest BCUT2D eigenvalue weighted by atomic mass is 10.2. The second kappa shape index (κ2) is 6.74. The molecule has 24 heavy (non-hydrogen) atoms. The van der Waals surface area contributed by atoms with Crippen LogP contribution in [0.1, 0.15) is 0 Å². The van der Waals surface area contributed by atoms with Crippen LogP contribution in [0.4, 0.5) is 22.7 Å². The summed E-state index contributed by atoms with van der Waals surface area (Å²) in [6, 6.07) is 23.5. The predicted octanol–water partition coefficient (Wildman–Crippen LogP) is 4.42. The van der Waals surface area contributed by atoms with Gasteiger partial charge in [-0.3, -0.25) is 4.55 Å². The molecule has 0 radical (unpaired) electrons. The van der Waals surface area contributed by atoms with Crippen molar-refractivity contribution < 1.29 is 13.0 Å². The minimum atomic E-state index is -4.16. The van der Waals surface area contributed by atoms with E-state index in [2.05, 4.69) is 10.6 Å². The number of hydrogen-bond donors (Lipinski definition) is 3. The Morgan fingerprint density at radius 1 is 0.583 bits per heavy atom. The third-order valence-corrected chi connectivity index (χ3v) is 4.26. The molecule has 0 amide bonds. The summed E-state index contributed by atoms with van der Waals surface area (Å²) in [5, 5.41) is 6.47. The molecule has 0 aromatic heterocycles. The topological polar surface area (TPSA) is 78.4 Å². The van der Waals surface area contributed by atoms with E-state index < -0.39 is 10.1 Å². The summed E-state index contributed by atoms with van der Waals surface area (Å²) in [6.45, 7) is 0. The highest BCUT2D eigenvalue weighted by Gasteiger charge is 2.08. The molecule has 0 aliphatic carbocycles. The highest BCUT2D eigenvalue weighted by Crippen LogP contribution is 2.22. The fourth-order valence-electron chi connectivity index (χ4n) is 2.20. The normalized spacial score (nSPS) is 11.0. The standard InChI is InChI=1S/C18H16N2O3S/c21-24(22,23)18-12-10-17(11-13-18)20-16-8-6-15(7-9-16)19-14-4-2-1-3-5-14/h1-13,19-20H,(H,21,22,23). The Morgan fingerprint density at radius 3 is 1.38 bits per heavy atom. The molecule has 6 heteroatoms. The smallest absolute Gasteiger partial charge is 0.294 e. The number of nitrogens with one attached hydrogen (secondary N) is 2. The Morgan fingerprint density at radius 2 is 0.958 bits per heavy atom. The molecule has 0 spiro atoms. The summed E-state index contributed by atoms with van der Waals surface area (Å²) in [5.41, 5.74) is 3.58. The van der Waals surface area contributed by atoms with Gasteiger partial charge in [-0.05, 0) is 60.7 Å². The van der Waals surface area contributed by atoms with Gasteiger partial charge in [-0.1, -0.05) is 18.2 Å². The van der Waals surface area contributed by atoms with Crippen LogP contribution in [0.3, 0.4) is 0 Å². The van der Waals surface area contributed by atoms with E-state index in [-0.39, 0.29) is 4.90 Å². The summed E-state index contributed by atoms with van der Waals surface area (Å²) in [5.74, 6) is 0. The second-order valence-corrected chi connectivity index (χ2v) is 6.61. The van der Waals surface area contributed by atoms with Crippen molar-refractivity contribution in [3.05, 3.63) is 78.9 Å². The molecular weight excluding hydrogens is 324 g/mol. The zero-order valence-corrected chi connectivity index (χ0v) is 13.5. The first-order valence-corrected chi connectivity index (χ1v) is 8.71. The first-order chi connectivity index (χ1) is 11.5. The van der Waals surface area contributed by atoms with Crippen LogP contribution in [0, 0.1) is 0 Å². The Kier molecular flexibility index (Phi) is 4.50. The van der Waals surface area contributed by atoms with Crippen molar-refractivity contribution in [3.63, 3.8) is 0 Å². The van der Waals surface area contributed by atoms with E-state index >= 15 is 0 Å². The van der Waals surface area contributed by atoms with E-state index in [1.165, 1.54) is 12.1 Å². The summed E-state index contributed by atoms with van der Waals surface area (Å²) in [6.07, 6.45) is 0. The molecule has 0 fully saturated rings. The average molecular weight is 340 g/mol. The summed E-state index contributed by atoms with van der Waals surface area (Å²) in [7, 11) is -4.16. The average Bonchev–Trinajstić information content (AvgIpc) is 2.57. The molecule has 0 aliphatic heterocycles. The van der Waals surface area contributed by atoms with E-state index in [1.54, 1.807) is 12.1 Å². The fraction of sp³-hybridized carbons (Fsp3) is 0. The SMILES string of the molecule is O=S(=O)(O)c1ccc(Nc2ccc(Nc3ccccc3)cc2)cc1. The lowest BCUT2D eigenvalue weighted by molar-refractivity contribution is 0.483. The third-order valence-electron chi connectivity index (χ3n) is 3.39. The highest BCUT2D eigenvalue weighted by molar-refractivity contribution is 7.85. The maximum absolute atomic E-state index is 11.0. The van der Waals surface area contributed by atoms with Crippen LogP contribution < -0.4 is 10.6 Å². The summed E-state index contributed by atoms with van der Waals surface area (Å²) in [4.78, 5) is -0.129. The Balaban J connectivity index is 1.68. The molecule has 0 atom stereocenters. The number of hydrogen-bond acceptors (Lipinski definition) is 4. The lowest BCUT2D eigenvalue weighted by Gasteiger charge is -2.09. The zero-order chi connectivity index (χ0) is 17.0. The van der Waals surface area contributed by atoms with Gasteiger partial charge in [0, 0.05) is 22.7 Å². The van der Waals surface area contributed by atoms with Gasteiger partial charge >= 0.3 is 0 Å². The Hall–Kier alpha value is -2.83. The molecule has 3 N–H and O–H groups in total. The van der Waals surface area contributed by atoms with Gasteiger partial charge in [0.05, 0.1) is 4.90 Å². The van der Waals surface area contributed by atoms with Crippen molar-refractivity contribution >= 4 is 32.9 Å². The first kappa shape index (κ1) is 16.0. The fourth-order valence-corrected chi connectivity index (χ4v) is 2.68. The third kappa shape index (κ3) is 4.13. The molecule has 0 saturated carbocycles. The molecule has 3 aromatic rings. The van der Waals surface area contributed by atoms with Gasteiger partial charge in [-0.25, -0.2) is 0 Å². The molecule has 3 aromatic carbocycles. The van der Waals surface area contributed by atoms with Crippen LogP contribution in [0.5, 0.6) is 0 Å². The number of benzene rings is 3. The van der Waals surface area contributed by atoms with Gasteiger partial charge in [-0.15, -0.1) is 0 Å². The quantitative estimate of drug-likeness (QED) is 0.599. The molecule has 5 nitrogen and oxygen atoms in total. The summed E-state index contributed by atoms with van der Waals surface area (Å²) >= 11 is 0. The van der Waals surface area contributed by atoms with Crippen molar-refractivity contribution in [2.45, 2.75) is 4.90 Å². The predicted molar refractivity (Wildman–Crippen MR) is 95.7 cm³/mol. The minimum absolute atomic E-state index is 0.129. The highest BCUT2D eigenvalue weighted by atomic mass is 32.2. The monoisotopic (exact) mass is 340 g/mol. The van der Waals surface area contributed by atoms with Gasteiger partial charge < -0.3 is 10.6 Å². The second-order valence-electron chi connectivity index (χ2n) is 5.19. The van der Waals surface area contributed by atoms with Crippen molar-refractivity contribution in [1.29, 1.82) is 0 Å². The van der Waals surface area contributed by atoms with Crippen molar-refractivity contribution in [1.82, 2.24) is 0 Å². The number of para-hydroxylation sites is 1. The molecule has 3 rings (SSSR count). The van der Waals surface area contributed by atoms with Crippen molar-refractivity contribution in [3.8, 4) is 0 Å². The maximum atomic E-state index is 11.0.